The maximum atomic E-state index is 12.7. The molecule has 1 aromatic heterocycles. The summed E-state index contributed by atoms with van der Waals surface area (Å²) in [6.45, 7) is 0.361. The van der Waals surface area contributed by atoms with Crippen LogP contribution in [-0.4, -0.2) is 36.9 Å². The summed E-state index contributed by atoms with van der Waals surface area (Å²) in [5, 5.41) is 2.67. The molecule has 3 N–H and O–H groups in total. The minimum Gasteiger partial charge on any atom is -0.349 e. The molecule has 2 fully saturated rings. The van der Waals surface area contributed by atoms with E-state index in [1.165, 1.54) is 6.26 Å². The number of sulfone groups is 1. The van der Waals surface area contributed by atoms with Gasteiger partial charge in [-0.1, -0.05) is 6.42 Å². The number of hydrogen-bond donors (Lipinski definition) is 2. The molecule has 2 atom stereocenters. The van der Waals surface area contributed by atoms with Crippen LogP contribution in [0, 0.1) is 0 Å². The van der Waals surface area contributed by atoms with Gasteiger partial charge in [0.25, 0.3) is 5.91 Å². The average Bonchev–Trinajstić information content (AvgIpc) is 3.38. The van der Waals surface area contributed by atoms with Crippen molar-refractivity contribution < 1.29 is 13.2 Å². The van der Waals surface area contributed by atoms with Gasteiger partial charge >= 0.3 is 0 Å². The number of hydrogen-bond acceptors (Lipinski definition) is 5. The van der Waals surface area contributed by atoms with Crippen molar-refractivity contribution in [2.75, 3.05) is 6.26 Å². The van der Waals surface area contributed by atoms with Gasteiger partial charge in [0, 0.05) is 24.8 Å². The zero-order chi connectivity index (χ0) is 17.3. The molecule has 2 aliphatic rings. The molecular weight excluding hydrogens is 326 g/mol. The number of nitrogens with zero attached hydrogens (tertiary/aromatic N) is 1. The highest BCUT2D eigenvalue weighted by atomic mass is 32.2. The van der Waals surface area contributed by atoms with Crippen LogP contribution in [-0.2, 0) is 16.4 Å². The topological polar surface area (TPSA) is 102 Å². The van der Waals surface area contributed by atoms with E-state index in [1.54, 1.807) is 12.1 Å². The second-order valence-electron chi connectivity index (χ2n) is 7.00. The summed E-state index contributed by atoms with van der Waals surface area (Å²) in [5.74, 6) is 0.208. The van der Waals surface area contributed by atoms with Crippen molar-refractivity contribution in [2.45, 2.75) is 62.3 Å². The van der Waals surface area contributed by atoms with Crippen LogP contribution in [0.1, 0.15) is 66.2 Å². The van der Waals surface area contributed by atoms with Gasteiger partial charge in [-0.2, -0.15) is 0 Å². The van der Waals surface area contributed by atoms with Crippen molar-refractivity contribution in [3.05, 3.63) is 29.1 Å². The number of rotatable bonds is 5. The summed E-state index contributed by atoms with van der Waals surface area (Å²) in [4.78, 5) is 17.2. The van der Waals surface area contributed by atoms with Gasteiger partial charge in [-0.15, -0.1) is 0 Å². The van der Waals surface area contributed by atoms with Crippen molar-refractivity contribution >= 4 is 15.7 Å². The lowest BCUT2D eigenvalue weighted by molar-refractivity contribution is 0.0926. The Hall–Kier alpha value is -1.47. The van der Waals surface area contributed by atoms with E-state index >= 15 is 0 Å². The van der Waals surface area contributed by atoms with Gasteiger partial charge in [-0.25, -0.2) is 8.42 Å². The van der Waals surface area contributed by atoms with E-state index in [1.807, 2.05) is 0 Å². The SMILES string of the molecule is CS(=O)(=O)[C@@H]1CCC[C@H](NC(=O)c2ccc(CN)nc2C2CC2)C1. The number of amides is 1. The molecule has 0 aliphatic heterocycles. The second kappa shape index (κ2) is 6.80. The van der Waals surface area contributed by atoms with Gasteiger partial charge in [0.1, 0.15) is 9.84 Å². The molecular formula is C17H25N3O3S. The van der Waals surface area contributed by atoms with Crippen LogP contribution in [0.15, 0.2) is 12.1 Å². The number of pyridine rings is 1. The molecule has 0 unspecified atom stereocenters. The molecule has 6 nitrogen and oxygen atoms in total. The van der Waals surface area contributed by atoms with Crippen molar-refractivity contribution in [2.24, 2.45) is 5.73 Å². The monoisotopic (exact) mass is 351 g/mol. The Morgan fingerprint density at radius 3 is 2.67 bits per heavy atom. The first kappa shape index (κ1) is 17.4. The van der Waals surface area contributed by atoms with Gasteiger partial charge in [0.15, 0.2) is 0 Å². The summed E-state index contributed by atoms with van der Waals surface area (Å²) < 4.78 is 23.6. The Balaban J connectivity index is 1.73. The summed E-state index contributed by atoms with van der Waals surface area (Å²) >= 11 is 0. The van der Waals surface area contributed by atoms with Crippen LogP contribution in [0.3, 0.4) is 0 Å². The third-order valence-corrected chi connectivity index (χ3v) is 6.61. The Labute approximate surface area is 143 Å². The van der Waals surface area contributed by atoms with Crippen molar-refractivity contribution in [3.63, 3.8) is 0 Å². The van der Waals surface area contributed by atoms with E-state index in [9.17, 15) is 13.2 Å². The highest BCUT2D eigenvalue weighted by molar-refractivity contribution is 7.91. The first-order valence-electron chi connectivity index (χ1n) is 8.58. The second-order valence-corrected chi connectivity index (χ2v) is 9.33. The van der Waals surface area contributed by atoms with Crippen LogP contribution >= 0.6 is 0 Å². The fourth-order valence-electron chi connectivity index (χ4n) is 3.42. The first-order chi connectivity index (χ1) is 11.4. The highest BCUT2D eigenvalue weighted by Crippen LogP contribution is 2.40. The molecule has 1 heterocycles. The Morgan fingerprint density at radius 1 is 1.29 bits per heavy atom. The summed E-state index contributed by atoms with van der Waals surface area (Å²) in [6, 6.07) is 3.50. The predicted molar refractivity (Wildman–Crippen MR) is 92.5 cm³/mol. The first-order valence-corrected chi connectivity index (χ1v) is 10.5. The molecule has 0 saturated heterocycles. The van der Waals surface area contributed by atoms with E-state index < -0.39 is 9.84 Å². The molecule has 2 saturated carbocycles. The maximum Gasteiger partial charge on any atom is 0.253 e. The summed E-state index contributed by atoms with van der Waals surface area (Å²) in [5.41, 5.74) is 7.89. The van der Waals surface area contributed by atoms with Gasteiger partial charge in [-0.05, 0) is 44.2 Å². The van der Waals surface area contributed by atoms with E-state index in [-0.39, 0.29) is 17.2 Å². The largest absolute Gasteiger partial charge is 0.349 e. The maximum absolute atomic E-state index is 12.7. The number of carbonyl (C=O) groups is 1. The van der Waals surface area contributed by atoms with Crippen LogP contribution in [0.5, 0.6) is 0 Å². The zero-order valence-corrected chi connectivity index (χ0v) is 14.8. The normalized spacial score (nSPS) is 24.6. The van der Waals surface area contributed by atoms with Crippen molar-refractivity contribution in [1.82, 2.24) is 10.3 Å². The highest BCUT2D eigenvalue weighted by Gasteiger charge is 2.32. The quantitative estimate of drug-likeness (QED) is 0.837. The molecule has 3 rings (SSSR count). The van der Waals surface area contributed by atoms with Crippen LogP contribution in [0.4, 0.5) is 0 Å². The average molecular weight is 351 g/mol. The summed E-state index contributed by atoms with van der Waals surface area (Å²) in [6.07, 6.45) is 6.22. The number of aromatic nitrogens is 1. The van der Waals surface area contributed by atoms with Gasteiger partial charge in [-0.3, -0.25) is 9.78 Å². The molecule has 24 heavy (non-hydrogen) atoms. The van der Waals surface area contributed by atoms with Crippen molar-refractivity contribution in [1.29, 1.82) is 0 Å². The molecule has 1 amide bonds. The number of carbonyl (C=O) groups excluding carboxylic acids is 1. The van der Waals surface area contributed by atoms with E-state index in [0.717, 1.165) is 37.1 Å². The lowest BCUT2D eigenvalue weighted by Crippen LogP contribution is -2.42. The predicted octanol–water partition coefficient (Wildman–Crippen LogP) is 1.50. The molecule has 0 aromatic carbocycles. The van der Waals surface area contributed by atoms with E-state index in [2.05, 4.69) is 10.3 Å². The molecule has 0 radical (unpaired) electrons. The molecule has 0 bridgehead atoms. The number of nitrogens with two attached hydrogens (primary N) is 1. The van der Waals surface area contributed by atoms with Gasteiger partial charge < -0.3 is 11.1 Å². The zero-order valence-electron chi connectivity index (χ0n) is 14.0. The van der Waals surface area contributed by atoms with Gasteiger partial charge in [0.05, 0.1) is 22.2 Å². The minimum atomic E-state index is -3.06. The van der Waals surface area contributed by atoms with Crippen LogP contribution < -0.4 is 11.1 Å². The van der Waals surface area contributed by atoms with E-state index in [4.69, 9.17) is 5.73 Å². The van der Waals surface area contributed by atoms with Crippen LogP contribution in [0.2, 0.25) is 0 Å². The molecule has 0 spiro atoms. The van der Waals surface area contributed by atoms with Crippen LogP contribution in [0.25, 0.3) is 0 Å². The molecule has 2 aliphatic carbocycles. The fourth-order valence-corrected chi connectivity index (χ4v) is 4.60. The Kier molecular flexibility index (Phi) is 4.92. The minimum absolute atomic E-state index is 0.0905. The van der Waals surface area contributed by atoms with Crippen molar-refractivity contribution in [3.8, 4) is 0 Å². The van der Waals surface area contributed by atoms with Gasteiger partial charge in [0.2, 0.25) is 0 Å². The Morgan fingerprint density at radius 2 is 2.04 bits per heavy atom. The third kappa shape index (κ3) is 3.95. The lowest BCUT2D eigenvalue weighted by atomic mass is 9.94. The smallest absolute Gasteiger partial charge is 0.253 e. The molecule has 7 heteroatoms. The fraction of sp³-hybridized carbons (Fsp3) is 0.647. The molecule has 1 aromatic rings. The Bertz CT molecular complexity index is 729. The lowest BCUT2D eigenvalue weighted by Gasteiger charge is -2.28. The standard InChI is InChI=1S/C17H25N3O3S/c1-24(22,23)14-4-2-3-12(9-14)20-17(21)15-8-7-13(10-18)19-16(15)11-5-6-11/h7-8,11-12,14H,2-6,9-10,18H2,1H3,(H,20,21)/t12-,14+/m0/s1. The summed E-state index contributed by atoms with van der Waals surface area (Å²) in [7, 11) is -3.06. The molecule has 132 valence electrons. The van der Waals surface area contributed by atoms with E-state index in [0.29, 0.717) is 30.9 Å². The third-order valence-electron chi connectivity index (χ3n) is 4.97. The number of nitrogens with one attached hydrogen (secondary N) is 1.